The standard InChI is InChI=1S/C10H16N4O2/c1-4-14-8-6-13(16)5-7(8)11-9(14)10(15)12(2)3/h16H,4-6H2,1-3H3. The summed E-state index contributed by atoms with van der Waals surface area (Å²) in [4.78, 5) is 17.7. The molecular weight excluding hydrogens is 208 g/mol. The number of nitrogens with zero attached hydrogens (tertiary/aromatic N) is 4. The molecule has 1 aliphatic rings. The molecule has 0 bridgehead atoms. The number of amides is 1. The fourth-order valence-electron chi connectivity index (χ4n) is 1.95. The first kappa shape index (κ1) is 11.1. The largest absolute Gasteiger partial charge is 0.342 e. The molecule has 1 aromatic heterocycles. The van der Waals surface area contributed by atoms with E-state index in [4.69, 9.17) is 0 Å². The van der Waals surface area contributed by atoms with E-state index in [0.29, 0.717) is 25.5 Å². The van der Waals surface area contributed by atoms with Gasteiger partial charge in [0, 0.05) is 20.6 Å². The first-order valence-electron chi connectivity index (χ1n) is 5.28. The van der Waals surface area contributed by atoms with E-state index in [1.165, 1.54) is 9.96 Å². The van der Waals surface area contributed by atoms with Crippen LogP contribution in [-0.2, 0) is 19.6 Å². The van der Waals surface area contributed by atoms with E-state index in [0.717, 1.165) is 11.4 Å². The molecule has 2 heterocycles. The normalized spacial score (nSPS) is 15.2. The highest BCUT2D eigenvalue weighted by molar-refractivity contribution is 5.90. The van der Waals surface area contributed by atoms with Gasteiger partial charge < -0.3 is 14.7 Å². The van der Waals surface area contributed by atoms with Gasteiger partial charge in [-0.05, 0) is 6.92 Å². The van der Waals surface area contributed by atoms with Gasteiger partial charge in [-0.3, -0.25) is 4.79 Å². The maximum atomic E-state index is 11.9. The molecule has 0 saturated heterocycles. The molecule has 1 N–H and O–H groups in total. The molecule has 2 rings (SSSR count). The minimum Gasteiger partial charge on any atom is -0.342 e. The van der Waals surface area contributed by atoms with Crippen molar-refractivity contribution in [3.05, 3.63) is 17.2 Å². The quantitative estimate of drug-likeness (QED) is 0.785. The Balaban J connectivity index is 2.42. The Morgan fingerprint density at radius 3 is 2.75 bits per heavy atom. The molecule has 0 saturated carbocycles. The molecule has 88 valence electrons. The minimum atomic E-state index is -0.0965. The summed E-state index contributed by atoms with van der Waals surface area (Å²) in [5.41, 5.74) is 1.74. The minimum absolute atomic E-state index is 0.0965. The van der Waals surface area contributed by atoms with E-state index in [1.54, 1.807) is 14.1 Å². The van der Waals surface area contributed by atoms with Gasteiger partial charge in [0.05, 0.1) is 24.5 Å². The Hall–Kier alpha value is -1.40. The SMILES string of the molecule is CCn1c(C(=O)N(C)C)nc2c1CN(O)C2. The molecule has 1 aromatic rings. The third kappa shape index (κ3) is 1.60. The lowest BCUT2D eigenvalue weighted by molar-refractivity contribution is -0.0986. The van der Waals surface area contributed by atoms with Crippen molar-refractivity contribution >= 4 is 5.91 Å². The monoisotopic (exact) mass is 224 g/mol. The van der Waals surface area contributed by atoms with Gasteiger partial charge in [0.15, 0.2) is 5.82 Å². The summed E-state index contributed by atoms with van der Waals surface area (Å²) >= 11 is 0. The van der Waals surface area contributed by atoms with Gasteiger partial charge in [-0.25, -0.2) is 4.98 Å². The molecule has 6 heteroatoms. The third-order valence-electron chi connectivity index (χ3n) is 2.73. The molecule has 0 aliphatic carbocycles. The number of imidazole rings is 1. The molecule has 0 radical (unpaired) electrons. The van der Waals surface area contributed by atoms with Gasteiger partial charge >= 0.3 is 0 Å². The number of aromatic nitrogens is 2. The molecule has 0 atom stereocenters. The fourth-order valence-corrected chi connectivity index (χ4v) is 1.95. The number of rotatable bonds is 2. The molecule has 6 nitrogen and oxygen atoms in total. The molecule has 16 heavy (non-hydrogen) atoms. The second-order valence-corrected chi connectivity index (χ2v) is 4.10. The predicted octanol–water partition coefficient (Wildman–Crippen LogP) is 0.310. The van der Waals surface area contributed by atoms with Crippen LogP contribution in [0.3, 0.4) is 0 Å². The first-order valence-corrected chi connectivity index (χ1v) is 5.28. The summed E-state index contributed by atoms with van der Waals surface area (Å²) in [6.07, 6.45) is 0. The Morgan fingerprint density at radius 1 is 1.50 bits per heavy atom. The van der Waals surface area contributed by atoms with Crippen molar-refractivity contribution in [1.82, 2.24) is 19.5 Å². The summed E-state index contributed by atoms with van der Waals surface area (Å²) < 4.78 is 1.87. The molecule has 0 unspecified atom stereocenters. The fraction of sp³-hybridized carbons (Fsp3) is 0.600. The second-order valence-electron chi connectivity index (χ2n) is 4.10. The summed E-state index contributed by atoms with van der Waals surface area (Å²) in [5.74, 6) is 0.367. The van der Waals surface area contributed by atoms with E-state index in [-0.39, 0.29) is 5.91 Å². The van der Waals surface area contributed by atoms with E-state index in [2.05, 4.69) is 4.98 Å². The van der Waals surface area contributed by atoms with Crippen molar-refractivity contribution in [2.45, 2.75) is 26.6 Å². The van der Waals surface area contributed by atoms with E-state index >= 15 is 0 Å². The third-order valence-corrected chi connectivity index (χ3v) is 2.73. The van der Waals surface area contributed by atoms with Crippen LogP contribution in [0.1, 0.15) is 28.9 Å². The summed E-state index contributed by atoms with van der Waals surface area (Å²) in [7, 11) is 3.42. The number of carbonyl (C=O) groups is 1. The maximum absolute atomic E-state index is 11.9. The number of fused-ring (bicyclic) bond motifs is 1. The number of hydrogen-bond acceptors (Lipinski definition) is 4. The van der Waals surface area contributed by atoms with Crippen molar-refractivity contribution in [3.63, 3.8) is 0 Å². The van der Waals surface area contributed by atoms with Crippen molar-refractivity contribution in [1.29, 1.82) is 0 Å². The van der Waals surface area contributed by atoms with Crippen LogP contribution in [0.25, 0.3) is 0 Å². The first-order chi connectivity index (χ1) is 7.54. The average Bonchev–Trinajstić information content (AvgIpc) is 2.71. The zero-order valence-electron chi connectivity index (χ0n) is 9.77. The molecular formula is C10H16N4O2. The lowest BCUT2D eigenvalue weighted by atomic mass is 10.4. The summed E-state index contributed by atoms with van der Waals surface area (Å²) in [5, 5.41) is 10.6. The Bertz CT molecular complexity index is 425. The highest BCUT2D eigenvalue weighted by atomic mass is 16.5. The van der Waals surface area contributed by atoms with Crippen LogP contribution in [0.2, 0.25) is 0 Å². The van der Waals surface area contributed by atoms with Gasteiger partial charge in [-0.1, -0.05) is 0 Å². The van der Waals surface area contributed by atoms with Crippen molar-refractivity contribution in [3.8, 4) is 0 Å². The van der Waals surface area contributed by atoms with Crippen LogP contribution in [-0.4, -0.2) is 44.7 Å². The number of hydroxylamine groups is 2. The topological polar surface area (TPSA) is 61.6 Å². The van der Waals surface area contributed by atoms with Gasteiger partial charge in [-0.15, -0.1) is 0 Å². The zero-order valence-corrected chi connectivity index (χ0v) is 9.77. The van der Waals surface area contributed by atoms with E-state index in [1.807, 2.05) is 11.5 Å². The second kappa shape index (κ2) is 3.88. The molecule has 0 spiro atoms. The molecule has 0 aromatic carbocycles. The number of carbonyl (C=O) groups excluding carboxylic acids is 1. The van der Waals surface area contributed by atoms with Gasteiger partial charge in [0.1, 0.15) is 0 Å². The molecule has 1 amide bonds. The average molecular weight is 224 g/mol. The van der Waals surface area contributed by atoms with Crippen LogP contribution >= 0.6 is 0 Å². The predicted molar refractivity (Wildman–Crippen MR) is 57.0 cm³/mol. The van der Waals surface area contributed by atoms with Crippen LogP contribution in [0.5, 0.6) is 0 Å². The summed E-state index contributed by atoms with van der Waals surface area (Å²) in [6, 6.07) is 0. The Morgan fingerprint density at radius 2 is 2.19 bits per heavy atom. The molecule has 0 fully saturated rings. The van der Waals surface area contributed by atoms with Crippen molar-refractivity contribution in [2.75, 3.05) is 14.1 Å². The van der Waals surface area contributed by atoms with Gasteiger partial charge in [-0.2, -0.15) is 5.06 Å². The number of hydrogen-bond donors (Lipinski definition) is 1. The van der Waals surface area contributed by atoms with Gasteiger partial charge in [0.2, 0.25) is 0 Å². The lowest BCUT2D eigenvalue weighted by Crippen LogP contribution is -2.26. The van der Waals surface area contributed by atoms with Crippen LogP contribution in [0.15, 0.2) is 0 Å². The van der Waals surface area contributed by atoms with Crippen molar-refractivity contribution < 1.29 is 10.0 Å². The zero-order chi connectivity index (χ0) is 11.9. The molecule has 1 aliphatic heterocycles. The van der Waals surface area contributed by atoms with Crippen LogP contribution < -0.4 is 0 Å². The maximum Gasteiger partial charge on any atom is 0.289 e. The highest BCUT2D eigenvalue weighted by Crippen LogP contribution is 2.22. The lowest BCUT2D eigenvalue weighted by Gasteiger charge is -2.13. The van der Waals surface area contributed by atoms with E-state index in [9.17, 15) is 10.0 Å². The van der Waals surface area contributed by atoms with Crippen LogP contribution in [0, 0.1) is 0 Å². The Kier molecular flexibility index (Phi) is 2.69. The summed E-state index contributed by atoms with van der Waals surface area (Å²) in [6.45, 7) is 3.49. The van der Waals surface area contributed by atoms with Crippen LogP contribution in [0.4, 0.5) is 0 Å². The van der Waals surface area contributed by atoms with E-state index < -0.39 is 0 Å². The Labute approximate surface area is 94.0 Å². The highest BCUT2D eigenvalue weighted by Gasteiger charge is 2.28. The van der Waals surface area contributed by atoms with Gasteiger partial charge in [0.25, 0.3) is 5.91 Å². The van der Waals surface area contributed by atoms with Crippen molar-refractivity contribution in [2.24, 2.45) is 0 Å². The smallest absolute Gasteiger partial charge is 0.289 e.